The summed E-state index contributed by atoms with van der Waals surface area (Å²) in [7, 11) is -3.76. The van der Waals surface area contributed by atoms with Crippen LogP contribution in [0.3, 0.4) is 0 Å². The minimum absolute atomic E-state index is 0.0371. The zero-order chi connectivity index (χ0) is 23.9. The number of hydrogen-bond acceptors (Lipinski definition) is 6. The molecule has 0 aliphatic heterocycles. The molecule has 0 fully saturated rings. The molecule has 0 aliphatic carbocycles. The number of carbonyl (C=O) groups is 2. The highest BCUT2D eigenvalue weighted by atomic mass is 32.2. The lowest BCUT2D eigenvalue weighted by Gasteiger charge is -2.19. The van der Waals surface area contributed by atoms with Crippen LogP contribution in [0.25, 0.3) is 0 Å². The number of nitrogens with one attached hydrogen (secondary N) is 1. The molecule has 0 bridgehead atoms. The number of carbonyl (C=O) groups excluding carboxylic acids is 2. The number of sulfonamides is 1. The van der Waals surface area contributed by atoms with Crippen LogP contribution in [-0.4, -0.2) is 50.1 Å². The number of esters is 1. The van der Waals surface area contributed by atoms with Gasteiger partial charge in [0, 0.05) is 23.7 Å². The Morgan fingerprint density at radius 1 is 1.09 bits per heavy atom. The second-order valence-corrected chi connectivity index (χ2v) is 9.59. The third kappa shape index (κ3) is 6.75. The number of alkyl halides is 2. The van der Waals surface area contributed by atoms with E-state index in [9.17, 15) is 26.8 Å². The maximum Gasteiger partial charge on any atom is 0.338 e. The lowest BCUT2D eigenvalue weighted by atomic mass is 10.1. The van der Waals surface area contributed by atoms with E-state index in [4.69, 9.17) is 4.74 Å². The Kier molecular flexibility index (Phi) is 9.17. The second kappa shape index (κ2) is 11.4. The zero-order valence-electron chi connectivity index (χ0n) is 17.8. The highest BCUT2D eigenvalue weighted by Crippen LogP contribution is 2.26. The van der Waals surface area contributed by atoms with Crippen molar-refractivity contribution in [2.24, 2.45) is 0 Å². The van der Waals surface area contributed by atoms with Crippen molar-refractivity contribution in [1.82, 2.24) is 4.31 Å². The average molecular weight is 487 g/mol. The maximum absolute atomic E-state index is 12.7. The van der Waals surface area contributed by atoms with E-state index in [1.165, 1.54) is 46.8 Å². The first-order valence-electron chi connectivity index (χ1n) is 9.71. The van der Waals surface area contributed by atoms with Gasteiger partial charge < -0.3 is 10.1 Å². The number of aryl methyl sites for hydroxylation is 1. The number of anilines is 1. The average Bonchev–Trinajstić information content (AvgIpc) is 2.74. The summed E-state index contributed by atoms with van der Waals surface area (Å²) < 4.78 is 56.4. The van der Waals surface area contributed by atoms with E-state index in [0.29, 0.717) is 27.9 Å². The van der Waals surface area contributed by atoms with E-state index in [0.717, 1.165) is 0 Å². The van der Waals surface area contributed by atoms with Gasteiger partial charge in [-0.25, -0.2) is 13.2 Å². The third-order valence-corrected chi connectivity index (χ3v) is 7.24. The molecule has 0 aliphatic rings. The van der Waals surface area contributed by atoms with E-state index in [1.807, 2.05) is 0 Å². The van der Waals surface area contributed by atoms with Crippen LogP contribution in [-0.2, 0) is 19.6 Å². The van der Waals surface area contributed by atoms with Crippen molar-refractivity contribution in [3.8, 4) is 0 Å². The van der Waals surface area contributed by atoms with E-state index < -0.39 is 34.3 Å². The number of ether oxygens (including phenoxy) is 1. The first-order valence-corrected chi connectivity index (χ1v) is 12.0. The van der Waals surface area contributed by atoms with Crippen LogP contribution in [0.2, 0.25) is 0 Å². The van der Waals surface area contributed by atoms with Gasteiger partial charge in [-0.2, -0.15) is 13.1 Å². The van der Waals surface area contributed by atoms with E-state index in [-0.39, 0.29) is 23.5 Å². The minimum atomic E-state index is -3.76. The lowest BCUT2D eigenvalue weighted by Crippen LogP contribution is -2.30. The zero-order valence-corrected chi connectivity index (χ0v) is 19.4. The van der Waals surface area contributed by atoms with Crippen LogP contribution >= 0.6 is 11.8 Å². The summed E-state index contributed by atoms with van der Waals surface area (Å²) in [6, 6.07) is 9.94. The van der Waals surface area contributed by atoms with Crippen molar-refractivity contribution in [2.75, 3.05) is 25.0 Å². The fourth-order valence-corrected chi connectivity index (χ4v) is 4.80. The molecule has 0 saturated carbocycles. The molecule has 0 radical (unpaired) electrons. The normalized spacial score (nSPS) is 11.6. The summed E-state index contributed by atoms with van der Waals surface area (Å²) in [6.45, 7) is 5.04. The highest BCUT2D eigenvalue weighted by molar-refractivity contribution is 7.99. The van der Waals surface area contributed by atoms with Crippen LogP contribution < -0.4 is 5.32 Å². The lowest BCUT2D eigenvalue weighted by molar-refractivity contribution is -0.119. The number of benzene rings is 2. The second-order valence-electron chi connectivity index (χ2n) is 6.59. The molecule has 174 valence electrons. The molecule has 0 atom stereocenters. The van der Waals surface area contributed by atoms with Gasteiger partial charge in [-0.05, 0) is 48.9 Å². The standard InChI is InChI=1S/C21H24F2N2O5S2/c1-4-25(5-2)32(28,29)17-11-6-14(3)18(12-17)20(27)30-13-19(26)24-15-7-9-16(10-8-15)31-21(22)23/h6-12,21H,4-5,13H2,1-3H3,(H,24,26). The predicted octanol–water partition coefficient (Wildman–Crippen LogP) is 4.14. The van der Waals surface area contributed by atoms with E-state index >= 15 is 0 Å². The summed E-state index contributed by atoms with van der Waals surface area (Å²) in [5, 5.41) is 2.49. The van der Waals surface area contributed by atoms with Crippen molar-refractivity contribution in [2.45, 2.75) is 36.3 Å². The first-order chi connectivity index (χ1) is 15.1. The Bertz CT molecular complexity index is 1060. The fourth-order valence-electron chi connectivity index (χ4n) is 2.82. The summed E-state index contributed by atoms with van der Waals surface area (Å²) in [6.07, 6.45) is 0. The molecule has 0 unspecified atom stereocenters. The van der Waals surface area contributed by atoms with Gasteiger partial charge in [0.2, 0.25) is 10.0 Å². The van der Waals surface area contributed by atoms with Gasteiger partial charge in [0.05, 0.1) is 10.5 Å². The number of hydrogen-bond donors (Lipinski definition) is 1. The van der Waals surface area contributed by atoms with Crippen LogP contribution in [0.4, 0.5) is 14.5 Å². The number of halogens is 2. The molecule has 2 rings (SSSR count). The first kappa shape index (κ1) is 25.8. The van der Waals surface area contributed by atoms with Crippen LogP contribution in [0, 0.1) is 6.92 Å². The molecule has 0 saturated heterocycles. The summed E-state index contributed by atoms with van der Waals surface area (Å²) in [4.78, 5) is 24.9. The van der Waals surface area contributed by atoms with E-state index in [1.54, 1.807) is 20.8 Å². The molecule has 0 heterocycles. The molecule has 2 aromatic rings. The van der Waals surface area contributed by atoms with Gasteiger partial charge in [0.15, 0.2) is 6.61 Å². The van der Waals surface area contributed by atoms with Gasteiger partial charge in [-0.3, -0.25) is 4.79 Å². The predicted molar refractivity (Wildman–Crippen MR) is 119 cm³/mol. The van der Waals surface area contributed by atoms with Crippen molar-refractivity contribution >= 4 is 39.3 Å². The minimum Gasteiger partial charge on any atom is -0.452 e. The summed E-state index contributed by atoms with van der Waals surface area (Å²) in [5.41, 5.74) is 0.897. The molecular formula is C21H24F2N2O5S2. The highest BCUT2D eigenvalue weighted by Gasteiger charge is 2.24. The largest absolute Gasteiger partial charge is 0.452 e. The SMILES string of the molecule is CCN(CC)S(=O)(=O)c1ccc(C)c(C(=O)OCC(=O)Nc2ccc(SC(F)F)cc2)c1. The Morgan fingerprint density at radius 3 is 2.28 bits per heavy atom. The topological polar surface area (TPSA) is 92.8 Å². The van der Waals surface area contributed by atoms with Gasteiger partial charge in [-0.1, -0.05) is 31.7 Å². The number of amides is 1. The van der Waals surface area contributed by atoms with Crippen molar-refractivity contribution in [3.63, 3.8) is 0 Å². The van der Waals surface area contributed by atoms with Crippen LogP contribution in [0.5, 0.6) is 0 Å². The quantitative estimate of drug-likeness (QED) is 0.401. The smallest absolute Gasteiger partial charge is 0.338 e. The van der Waals surface area contributed by atoms with Crippen molar-refractivity contribution < 1.29 is 31.5 Å². The third-order valence-electron chi connectivity index (χ3n) is 4.47. The molecule has 11 heteroatoms. The number of thioether (sulfide) groups is 1. The molecule has 0 spiro atoms. The van der Waals surface area contributed by atoms with Gasteiger partial charge >= 0.3 is 5.97 Å². The Balaban J connectivity index is 2.04. The number of rotatable bonds is 10. The Labute approximate surface area is 190 Å². The Hall–Kier alpha value is -2.50. The van der Waals surface area contributed by atoms with E-state index in [2.05, 4.69) is 5.32 Å². The molecular weight excluding hydrogens is 462 g/mol. The fraction of sp³-hybridized carbons (Fsp3) is 0.333. The van der Waals surface area contributed by atoms with Gasteiger partial charge in [-0.15, -0.1) is 0 Å². The summed E-state index contributed by atoms with van der Waals surface area (Å²) >= 11 is 0.385. The molecule has 0 aromatic heterocycles. The van der Waals surface area contributed by atoms with Crippen LogP contribution in [0.1, 0.15) is 29.8 Å². The van der Waals surface area contributed by atoms with Gasteiger partial charge in [0.1, 0.15) is 0 Å². The molecule has 1 N–H and O–H groups in total. The maximum atomic E-state index is 12.7. The summed E-state index contributed by atoms with van der Waals surface area (Å²) in [5.74, 6) is -4.01. The monoisotopic (exact) mass is 486 g/mol. The van der Waals surface area contributed by atoms with Crippen molar-refractivity contribution in [1.29, 1.82) is 0 Å². The molecule has 2 aromatic carbocycles. The molecule has 1 amide bonds. The van der Waals surface area contributed by atoms with Crippen molar-refractivity contribution in [3.05, 3.63) is 53.6 Å². The van der Waals surface area contributed by atoms with Crippen LogP contribution in [0.15, 0.2) is 52.3 Å². The Morgan fingerprint density at radius 2 is 1.72 bits per heavy atom. The molecule has 32 heavy (non-hydrogen) atoms. The molecule has 7 nitrogen and oxygen atoms in total. The number of nitrogens with zero attached hydrogens (tertiary/aromatic N) is 1. The van der Waals surface area contributed by atoms with Gasteiger partial charge in [0.25, 0.3) is 11.7 Å².